The molecule has 1 fully saturated rings. The molecule has 0 amide bonds. The minimum atomic E-state index is -0.732. The molecule has 3 N–H and O–H groups in total. The number of hydrogen-bond donors (Lipinski definition) is 3. The third kappa shape index (κ3) is 2.82. The highest BCUT2D eigenvalue weighted by molar-refractivity contribution is 5.27. The Kier molecular flexibility index (Phi) is 4.37. The van der Waals surface area contributed by atoms with Crippen molar-refractivity contribution in [3.05, 3.63) is 29.8 Å². The molecule has 0 spiro atoms. The Morgan fingerprint density at radius 1 is 1.40 bits per heavy atom. The van der Waals surface area contributed by atoms with E-state index < -0.39 is 5.60 Å². The number of benzene rings is 1. The van der Waals surface area contributed by atoms with Gasteiger partial charge in [-0.3, -0.25) is 0 Å². The molecule has 0 radical (unpaired) electrons. The Balaban J connectivity index is 1.85. The van der Waals surface area contributed by atoms with Gasteiger partial charge in [0.15, 0.2) is 0 Å². The molecule has 0 saturated heterocycles. The zero-order valence-electron chi connectivity index (χ0n) is 12.5. The van der Waals surface area contributed by atoms with Crippen molar-refractivity contribution in [2.45, 2.75) is 45.4 Å². The maximum atomic E-state index is 10.7. The average Bonchev–Trinajstić information content (AvgIpc) is 2.38. The average molecular weight is 279 g/mol. The lowest BCUT2D eigenvalue weighted by Gasteiger charge is -2.58. The van der Waals surface area contributed by atoms with Crippen LogP contribution in [0.5, 0.6) is 5.75 Å². The third-order valence-corrected chi connectivity index (χ3v) is 4.55. The molecule has 1 aliphatic rings. The van der Waals surface area contributed by atoms with E-state index in [1.165, 1.54) is 0 Å². The second-order valence-electron chi connectivity index (χ2n) is 6.17. The van der Waals surface area contributed by atoms with Crippen LogP contribution in [0.2, 0.25) is 0 Å². The molecule has 0 aliphatic heterocycles. The van der Waals surface area contributed by atoms with Crippen LogP contribution in [0, 0.1) is 5.41 Å². The molecule has 0 heterocycles. The molecule has 1 saturated carbocycles. The van der Waals surface area contributed by atoms with Gasteiger partial charge in [-0.1, -0.05) is 26.0 Å². The molecule has 4 heteroatoms. The standard InChI is InChI=1S/C16H25NO3/c1-4-20-14-9-16(19,15(14,2)3)11-17-10-12-6-5-7-13(18)8-12/h5-8,14,17-19H,4,9-11H2,1-3H3/t14-,16-/m0/s1. The van der Waals surface area contributed by atoms with Crippen molar-refractivity contribution < 1.29 is 14.9 Å². The molecular weight excluding hydrogens is 254 g/mol. The molecule has 0 aromatic heterocycles. The van der Waals surface area contributed by atoms with Gasteiger partial charge in [-0.15, -0.1) is 0 Å². The first-order valence-electron chi connectivity index (χ1n) is 7.21. The third-order valence-electron chi connectivity index (χ3n) is 4.55. The van der Waals surface area contributed by atoms with Crippen molar-refractivity contribution in [1.29, 1.82) is 0 Å². The number of phenols is 1. The molecule has 1 aromatic carbocycles. The van der Waals surface area contributed by atoms with Gasteiger partial charge in [-0.25, -0.2) is 0 Å². The zero-order valence-corrected chi connectivity index (χ0v) is 12.5. The number of nitrogens with one attached hydrogen (secondary N) is 1. The van der Waals surface area contributed by atoms with E-state index in [9.17, 15) is 10.2 Å². The Hall–Kier alpha value is -1.10. The summed E-state index contributed by atoms with van der Waals surface area (Å²) in [6.07, 6.45) is 0.793. The number of phenolic OH excluding ortho intramolecular Hbond substituents is 1. The minimum Gasteiger partial charge on any atom is -0.508 e. The maximum Gasteiger partial charge on any atom is 0.115 e. The van der Waals surface area contributed by atoms with Crippen LogP contribution in [-0.4, -0.2) is 35.1 Å². The zero-order chi connectivity index (χ0) is 14.8. The van der Waals surface area contributed by atoms with Gasteiger partial charge in [0.05, 0.1) is 11.7 Å². The van der Waals surface area contributed by atoms with Crippen LogP contribution in [0.15, 0.2) is 24.3 Å². The fourth-order valence-electron chi connectivity index (χ4n) is 2.84. The van der Waals surface area contributed by atoms with Crippen molar-refractivity contribution in [1.82, 2.24) is 5.32 Å². The van der Waals surface area contributed by atoms with Crippen LogP contribution in [0.25, 0.3) is 0 Å². The fourth-order valence-corrected chi connectivity index (χ4v) is 2.84. The summed E-state index contributed by atoms with van der Waals surface area (Å²) in [5, 5.41) is 23.4. The summed E-state index contributed by atoms with van der Waals surface area (Å²) in [6.45, 7) is 7.92. The van der Waals surface area contributed by atoms with Crippen LogP contribution < -0.4 is 5.32 Å². The van der Waals surface area contributed by atoms with Crippen LogP contribution >= 0.6 is 0 Å². The van der Waals surface area contributed by atoms with Gasteiger partial charge in [0.2, 0.25) is 0 Å². The quantitative estimate of drug-likeness (QED) is 0.746. The van der Waals surface area contributed by atoms with Gasteiger partial charge >= 0.3 is 0 Å². The van der Waals surface area contributed by atoms with Crippen molar-refractivity contribution in [2.24, 2.45) is 5.41 Å². The van der Waals surface area contributed by atoms with Crippen LogP contribution in [-0.2, 0) is 11.3 Å². The monoisotopic (exact) mass is 279 g/mol. The molecule has 20 heavy (non-hydrogen) atoms. The highest BCUT2D eigenvalue weighted by Crippen LogP contribution is 2.50. The Morgan fingerprint density at radius 2 is 2.15 bits per heavy atom. The molecule has 112 valence electrons. The lowest BCUT2D eigenvalue weighted by atomic mass is 9.56. The number of aliphatic hydroxyl groups is 1. The number of aromatic hydroxyl groups is 1. The second-order valence-corrected chi connectivity index (χ2v) is 6.17. The molecule has 0 bridgehead atoms. The topological polar surface area (TPSA) is 61.7 Å². The Morgan fingerprint density at radius 3 is 2.75 bits per heavy atom. The van der Waals surface area contributed by atoms with E-state index in [1.54, 1.807) is 12.1 Å². The van der Waals surface area contributed by atoms with E-state index >= 15 is 0 Å². The SMILES string of the molecule is CCO[C@H]1C[C@](O)(CNCc2cccc(O)c2)C1(C)C. The highest BCUT2D eigenvalue weighted by Gasteiger charge is 2.59. The van der Waals surface area contributed by atoms with Crippen LogP contribution in [0.1, 0.15) is 32.8 Å². The first kappa shape index (κ1) is 15.3. The Labute approximate surface area is 120 Å². The van der Waals surface area contributed by atoms with E-state index in [2.05, 4.69) is 5.32 Å². The van der Waals surface area contributed by atoms with Gasteiger partial charge in [-0.2, -0.15) is 0 Å². The van der Waals surface area contributed by atoms with Gasteiger partial charge in [0, 0.05) is 31.5 Å². The van der Waals surface area contributed by atoms with Crippen molar-refractivity contribution in [3.8, 4) is 5.75 Å². The largest absolute Gasteiger partial charge is 0.508 e. The first-order chi connectivity index (χ1) is 9.39. The summed E-state index contributed by atoms with van der Waals surface area (Å²) in [4.78, 5) is 0. The predicted octanol–water partition coefficient (Wildman–Crippen LogP) is 2.05. The molecule has 0 unspecified atom stereocenters. The molecule has 2 atom stereocenters. The number of hydrogen-bond acceptors (Lipinski definition) is 4. The molecule has 1 aliphatic carbocycles. The lowest BCUT2D eigenvalue weighted by Crippen LogP contribution is -2.68. The number of ether oxygens (including phenoxy) is 1. The van der Waals surface area contributed by atoms with Crippen molar-refractivity contribution in [2.75, 3.05) is 13.2 Å². The summed E-state index contributed by atoms with van der Waals surface area (Å²) in [6, 6.07) is 7.15. The molecule has 2 rings (SSSR count). The molecule has 1 aromatic rings. The van der Waals surface area contributed by atoms with E-state index in [4.69, 9.17) is 4.74 Å². The molecule has 4 nitrogen and oxygen atoms in total. The molecular formula is C16H25NO3. The van der Waals surface area contributed by atoms with Gasteiger partial charge < -0.3 is 20.3 Å². The van der Waals surface area contributed by atoms with E-state index in [-0.39, 0.29) is 17.3 Å². The fraction of sp³-hybridized carbons (Fsp3) is 0.625. The van der Waals surface area contributed by atoms with E-state index in [0.29, 0.717) is 26.1 Å². The smallest absolute Gasteiger partial charge is 0.115 e. The predicted molar refractivity (Wildman–Crippen MR) is 78.6 cm³/mol. The van der Waals surface area contributed by atoms with Gasteiger partial charge in [0.25, 0.3) is 0 Å². The van der Waals surface area contributed by atoms with Crippen LogP contribution in [0.3, 0.4) is 0 Å². The van der Waals surface area contributed by atoms with Gasteiger partial charge in [-0.05, 0) is 24.6 Å². The van der Waals surface area contributed by atoms with E-state index in [0.717, 1.165) is 5.56 Å². The van der Waals surface area contributed by atoms with Gasteiger partial charge in [0.1, 0.15) is 5.75 Å². The first-order valence-corrected chi connectivity index (χ1v) is 7.21. The summed E-state index contributed by atoms with van der Waals surface area (Å²) in [7, 11) is 0. The minimum absolute atomic E-state index is 0.125. The summed E-state index contributed by atoms with van der Waals surface area (Å²) in [5.74, 6) is 0.267. The summed E-state index contributed by atoms with van der Waals surface area (Å²) in [5.41, 5.74) is 0.0329. The second kappa shape index (κ2) is 5.72. The van der Waals surface area contributed by atoms with Crippen LogP contribution in [0.4, 0.5) is 0 Å². The van der Waals surface area contributed by atoms with Crippen molar-refractivity contribution in [3.63, 3.8) is 0 Å². The summed E-state index contributed by atoms with van der Waals surface area (Å²) >= 11 is 0. The summed E-state index contributed by atoms with van der Waals surface area (Å²) < 4.78 is 5.65. The lowest BCUT2D eigenvalue weighted by molar-refractivity contribution is -0.238. The van der Waals surface area contributed by atoms with E-state index in [1.807, 2.05) is 32.9 Å². The Bertz CT molecular complexity index is 461. The number of rotatable bonds is 6. The normalized spacial score (nSPS) is 28.1. The van der Waals surface area contributed by atoms with Crippen molar-refractivity contribution >= 4 is 0 Å². The maximum absolute atomic E-state index is 10.7. The highest BCUT2D eigenvalue weighted by atomic mass is 16.5.